The molecule has 26 heavy (non-hydrogen) atoms. The van der Waals surface area contributed by atoms with Crippen LogP contribution in [0.15, 0.2) is 11.8 Å². The van der Waals surface area contributed by atoms with E-state index in [0.29, 0.717) is 19.6 Å². The van der Waals surface area contributed by atoms with E-state index in [0.717, 1.165) is 25.0 Å². The van der Waals surface area contributed by atoms with E-state index in [1.54, 1.807) is 19.9 Å². The van der Waals surface area contributed by atoms with Crippen LogP contribution in [0.1, 0.15) is 53.4 Å². The lowest BCUT2D eigenvalue weighted by Gasteiger charge is -2.29. The molecule has 1 saturated carbocycles. The third-order valence-corrected chi connectivity index (χ3v) is 4.68. The van der Waals surface area contributed by atoms with Crippen LogP contribution in [0.3, 0.4) is 0 Å². The van der Waals surface area contributed by atoms with Crippen LogP contribution in [-0.4, -0.2) is 42.1 Å². The summed E-state index contributed by atoms with van der Waals surface area (Å²) < 4.78 is 5.70. The molecule has 148 valence electrons. The lowest BCUT2D eigenvalue weighted by Crippen LogP contribution is -2.47. The lowest BCUT2D eigenvalue weighted by atomic mass is 9.81. The zero-order chi connectivity index (χ0) is 19.7. The number of ether oxygens (including phenoxy) is 1. The SMILES string of the molecule is C/C=C(\COCC1CCCC(C(=O)N[C@H](C(=O)O)C(C)C)C1)NC(C)=O. The molecule has 3 N–H and O–H groups in total. The fraction of sp³-hybridized carbons (Fsp3) is 0.737. The van der Waals surface area contributed by atoms with Gasteiger partial charge in [0.15, 0.2) is 0 Å². The molecule has 1 rings (SSSR count). The summed E-state index contributed by atoms with van der Waals surface area (Å²) in [6.07, 6.45) is 5.19. The standard InChI is InChI=1S/C19H32N2O5/c1-5-16(20-13(4)22)11-26-10-14-7-6-8-15(9-14)18(23)21-17(12(2)3)19(24)25/h5,12,14-15,17H,6-11H2,1-4H3,(H,20,22)(H,21,23)(H,24,25)/b16-5+/t14?,15?,17-/m0/s1. The summed E-state index contributed by atoms with van der Waals surface area (Å²) in [6.45, 7) is 7.71. The Morgan fingerprint density at radius 1 is 1.27 bits per heavy atom. The lowest BCUT2D eigenvalue weighted by molar-refractivity contribution is -0.144. The van der Waals surface area contributed by atoms with Crippen molar-refractivity contribution in [2.75, 3.05) is 13.2 Å². The van der Waals surface area contributed by atoms with Crippen molar-refractivity contribution in [2.45, 2.75) is 59.4 Å². The van der Waals surface area contributed by atoms with E-state index in [1.165, 1.54) is 6.92 Å². The van der Waals surface area contributed by atoms with Gasteiger partial charge in [0.25, 0.3) is 0 Å². The van der Waals surface area contributed by atoms with Crippen LogP contribution in [0.25, 0.3) is 0 Å². The number of carbonyl (C=O) groups excluding carboxylic acids is 2. The van der Waals surface area contributed by atoms with E-state index < -0.39 is 12.0 Å². The Labute approximate surface area is 155 Å². The first-order valence-electron chi connectivity index (χ1n) is 9.28. The van der Waals surface area contributed by atoms with Crippen LogP contribution in [0.5, 0.6) is 0 Å². The molecule has 0 saturated heterocycles. The number of carbonyl (C=O) groups is 3. The number of amides is 2. The van der Waals surface area contributed by atoms with E-state index in [1.807, 2.05) is 6.92 Å². The maximum absolute atomic E-state index is 12.4. The van der Waals surface area contributed by atoms with Gasteiger partial charge in [-0.15, -0.1) is 0 Å². The quantitative estimate of drug-likeness (QED) is 0.578. The van der Waals surface area contributed by atoms with Crippen molar-refractivity contribution < 1.29 is 24.2 Å². The minimum Gasteiger partial charge on any atom is -0.480 e. The number of allylic oxidation sites excluding steroid dienone is 1. The minimum atomic E-state index is -0.999. The Bertz CT molecular complexity index is 530. The molecule has 0 bridgehead atoms. The fourth-order valence-corrected chi connectivity index (χ4v) is 3.22. The van der Waals surface area contributed by atoms with Crippen molar-refractivity contribution in [3.8, 4) is 0 Å². The Morgan fingerprint density at radius 2 is 1.96 bits per heavy atom. The van der Waals surface area contributed by atoms with Crippen molar-refractivity contribution in [1.82, 2.24) is 10.6 Å². The summed E-state index contributed by atoms with van der Waals surface area (Å²) in [5, 5.41) is 14.6. The van der Waals surface area contributed by atoms with Crippen LogP contribution in [0.2, 0.25) is 0 Å². The summed E-state index contributed by atoms with van der Waals surface area (Å²) in [7, 11) is 0. The molecule has 0 heterocycles. The van der Waals surface area contributed by atoms with E-state index in [2.05, 4.69) is 10.6 Å². The van der Waals surface area contributed by atoms with Crippen LogP contribution in [0.4, 0.5) is 0 Å². The molecule has 0 aromatic carbocycles. The van der Waals surface area contributed by atoms with Gasteiger partial charge in [0.1, 0.15) is 6.04 Å². The summed E-state index contributed by atoms with van der Waals surface area (Å²) in [5.41, 5.74) is 0.726. The first-order chi connectivity index (χ1) is 12.2. The zero-order valence-electron chi connectivity index (χ0n) is 16.2. The maximum atomic E-state index is 12.4. The predicted octanol–water partition coefficient (Wildman–Crippen LogP) is 2.07. The molecule has 0 aromatic rings. The normalized spacial score (nSPS) is 22.0. The largest absolute Gasteiger partial charge is 0.480 e. The Balaban J connectivity index is 2.47. The van der Waals surface area contributed by atoms with E-state index in [9.17, 15) is 19.5 Å². The molecule has 2 amide bonds. The van der Waals surface area contributed by atoms with Crippen LogP contribution < -0.4 is 10.6 Å². The molecule has 3 atom stereocenters. The molecule has 1 aliphatic carbocycles. The van der Waals surface area contributed by atoms with E-state index in [-0.39, 0.29) is 29.6 Å². The topological polar surface area (TPSA) is 105 Å². The number of aliphatic carboxylic acids is 1. The second-order valence-electron chi connectivity index (χ2n) is 7.31. The van der Waals surface area contributed by atoms with Gasteiger partial charge in [0, 0.05) is 25.1 Å². The van der Waals surface area contributed by atoms with Crippen molar-refractivity contribution in [2.24, 2.45) is 17.8 Å². The monoisotopic (exact) mass is 368 g/mol. The fourth-order valence-electron chi connectivity index (χ4n) is 3.22. The van der Waals surface area contributed by atoms with Gasteiger partial charge in [-0.25, -0.2) is 4.79 Å². The first kappa shape index (κ1) is 22.2. The van der Waals surface area contributed by atoms with Gasteiger partial charge in [-0.05, 0) is 38.0 Å². The highest BCUT2D eigenvalue weighted by Gasteiger charge is 2.31. The van der Waals surface area contributed by atoms with Gasteiger partial charge in [0.05, 0.1) is 6.61 Å². The average Bonchev–Trinajstić information content (AvgIpc) is 2.57. The number of hydrogen-bond acceptors (Lipinski definition) is 4. The number of rotatable bonds is 9. The molecule has 2 unspecified atom stereocenters. The Hall–Kier alpha value is -1.89. The molecular formula is C19H32N2O5. The molecular weight excluding hydrogens is 336 g/mol. The predicted molar refractivity (Wildman–Crippen MR) is 98.2 cm³/mol. The van der Waals surface area contributed by atoms with Gasteiger partial charge in [-0.1, -0.05) is 26.3 Å². The van der Waals surface area contributed by atoms with Gasteiger partial charge < -0.3 is 20.5 Å². The molecule has 1 aliphatic rings. The van der Waals surface area contributed by atoms with Crippen molar-refractivity contribution >= 4 is 17.8 Å². The Kier molecular flexibility index (Phi) is 9.34. The van der Waals surface area contributed by atoms with E-state index >= 15 is 0 Å². The molecule has 0 aliphatic heterocycles. The summed E-state index contributed by atoms with van der Waals surface area (Å²) in [4.78, 5) is 34.8. The molecule has 0 radical (unpaired) electrons. The first-order valence-corrected chi connectivity index (χ1v) is 9.28. The third-order valence-electron chi connectivity index (χ3n) is 4.68. The highest BCUT2D eigenvalue weighted by molar-refractivity contribution is 5.85. The molecule has 1 fully saturated rings. The van der Waals surface area contributed by atoms with Gasteiger partial charge >= 0.3 is 5.97 Å². The van der Waals surface area contributed by atoms with Gasteiger partial charge in [0.2, 0.25) is 11.8 Å². The Morgan fingerprint density at radius 3 is 2.50 bits per heavy atom. The summed E-state index contributed by atoms with van der Waals surface area (Å²) >= 11 is 0. The number of nitrogens with one attached hydrogen (secondary N) is 2. The zero-order valence-corrected chi connectivity index (χ0v) is 16.2. The highest BCUT2D eigenvalue weighted by atomic mass is 16.5. The third kappa shape index (κ3) is 7.56. The van der Waals surface area contributed by atoms with Crippen LogP contribution >= 0.6 is 0 Å². The summed E-state index contributed by atoms with van der Waals surface area (Å²) in [6, 6.07) is -0.853. The molecule has 7 nitrogen and oxygen atoms in total. The summed E-state index contributed by atoms with van der Waals surface area (Å²) in [5.74, 6) is -1.38. The van der Waals surface area contributed by atoms with Crippen molar-refractivity contribution in [3.63, 3.8) is 0 Å². The number of carboxylic acids is 1. The maximum Gasteiger partial charge on any atom is 0.326 e. The second-order valence-corrected chi connectivity index (χ2v) is 7.31. The molecule has 0 spiro atoms. The van der Waals surface area contributed by atoms with Crippen LogP contribution in [0, 0.1) is 17.8 Å². The second kappa shape index (κ2) is 11.0. The number of carboxylic acid groups (broad SMARTS) is 1. The smallest absolute Gasteiger partial charge is 0.326 e. The average molecular weight is 368 g/mol. The van der Waals surface area contributed by atoms with Crippen molar-refractivity contribution in [3.05, 3.63) is 11.8 Å². The minimum absolute atomic E-state index is 0.130. The molecule has 0 aromatic heterocycles. The van der Waals surface area contributed by atoms with Gasteiger partial charge in [-0.3, -0.25) is 9.59 Å². The van der Waals surface area contributed by atoms with E-state index in [4.69, 9.17) is 4.74 Å². The molecule has 7 heteroatoms. The van der Waals surface area contributed by atoms with Crippen LogP contribution in [-0.2, 0) is 19.1 Å². The van der Waals surface area contributed by atoms with Gasteiger partial charge in [-0.2, -0.15) is 0 Å². The van der Waals surface area contributed by atoms with Crippen molar-refractivity contribution in [1.29, 1.82) is 0 Å². The number of hydrogen-bond donors (Lipinski definition) is 3. The highest BCUT2D eigenvalue weighted by Crippen LogP contribution is 2.29.